The van der Waals surface area contributed by atoms with Crippen molar-refractivity contribution >= 4 is 27.5 Å². The van der Waals surface area contributed by atoms with Crippen LogP contribution in [-0.4, -0.2) is 4.98 Å². The molecule has 0 radical (unpaired) electrons. The molecule has 4 heteroatoms. The normalized spacial score (nSPS) is 10.4. The maximum Gasteiger partial charge on any atom is 0.222 e. The maximum atomic E-state index is 5.91. The van der Waals surface area contributed by atoms with E-state index in [0.29, 0.717) is 10.9 Å². The van der Waals surface area contributed by atoms with E-state index in [1.807, 2.05) is 38.2 Å². The Morgan fingerprint density at radius 1 is 1.22 bits per heavy atom. The molecule has 0 aliphatic carbocycles. The number of pyridine rings is 1. The Morgan fingerprint density at radius 3 is 2.61 bits per heavy atom. The predicted octanol–water partition coefficient (Wildman–Crippen LogP) is 5.04. The van der Waals surface area contributed by atoms with Gasteiger partial charge in [-0.1, -0.05) is 27.5 Å². The van der Waals surface area contributed by atoms with Gasteiger partial charge in [-0.05, 0) is 49.2 Å². The van der Waals surface area contributed by atoms with E-state index in [9.17, 15) is 0 Å². The Morgan fingerprint density at radius 2 is 2.00 bits per heavy atom. The van der Waals surface area contributed by atoms with Gasteiger partial charge < -0.3 is 4.74 Å². The molecule has 0 N–H and O–H groups in total. The fourth-order valence-electron chi connectivity index (χ4n) is 1.63. The van der Waals surface area contributed by atoms with Crippen LogP contribution in [0.4, 0.5) is 0 Å². The molecule has 0 fully saturated rings. The third kappa shape index (κ3) is 3.03. The van der Waals surface area contributed by atoms with Crippen molar-refractivity contribution in [1.29, 1.82) is 0 Å². The van der Waals surface area contributed by atoms with Crippen LogP contribution < -0.4 is 4.74 Å². The second-order valence-electron chi connectivity index (χ2n) is 4.11. The Hall–Kier alpha value is -1.06. The zero-order chi connectivity index (χ0) is 13.1. The van der Waals surface area contributed by atoms with Crippen LogP contribution in [0.3, 0.4) is 0 Å². The molecule has 0 aliphatic heterocycles. The predicted molar refractivity (Wildman–Crippen MR) is 77.9 cm³/mol. The summed E-state index contributed by atoms with van der Waals surface area (Å²) in [6.07, 6.45) is 1.81. The van der Waals surface area contributed by atoms with Crippen molar-refractivity contribution in [2.75, 3.05) is 0 Å². The number of aromatic nitrogens is 1. The molecule has 2 aromatic rings. The van der Waals surface area contributed by atoms with Crippen LogP contribution >= 0.6 is 27.5 Å². The summed E-state index contributed by atoms with van der Waals surface area (Å²) in [5.41, 5.74) is 3.14. The molecular formula is C14H13BrClNO. The van der Waals surface area contributed by atoms with Gasteiger partial charge in [0.15, 0.2) is 0 Å². The Kier molecular flexibility index (Phi) is 4.25. The number of nitrogens with zero attached hydrogens (tertiary/aromatic N) is 1. The summed E-state index contributed by atoms with van der Waals surface area (Å²) in [7, 11) is 0. The van der Waals surface area contributed by atoms with Crippen LogP contribution in [0.25, 0.3) is 0 Å². The minimum atomic E-state index is 0.630. The first-order valence-electron chi connectivity index (χ1n) is 5.55. The first-order chi connectivity index (χ1) is 8.60. The van der Waals surface area contributed by atoms with Crippen LogP contribution in [0.5, 0.6) is 11.6 Å². The fourth-order valence-corrected chi connectivity index (χ4v) is 2.17. The first-order valence-corrected chi connectivity index (χ1v) is 7.05. The number of hydrogen-bond acceptors (Lipinski definition) is 2. The second-order valence-corrected chi connectivity index (χ2v) is 5.11. The molecule has 0 saturated carbocycles. The zero-order valence-corrected chi connectivity index (χ0v) is 12.5. The number of benzene rings is 1. The molecular weight excluding hydrogens is 314 g/mol. The lowest BCUT2D eigenvalue weighted by atomic mass is 10.2. The fraction of sp³-hybridized carbons (Fsp3) is 0.214. The van der Waals surface area contributed by atoms with Crippen molar-refractivity contribution in [2.24, 2.45) is 0 Å². The monoisotopic (exact) mass is 325 g/mol. The zero-order valence-electron chi connectivity index (χ0n) is 10.2. The highest BCUT2D eigenvalue weighted by molar-refractivity contribution is 9.08. The quantitative estimate of drug-likeness (QED) is 0.737. The van der Waals surface area contributed by atoms with Gasteiger partial charge in [-0.2, -0.15) is 0 Å². The van der Waals surface area contributed by atoms with Crippen molar-refractivity contribution in [1.82, 2.24) is 4.98 Å². The van der Waals surface area contributed by atoms with E-state index in [1.165, 1.54) is 0 Å². The lowest BCUT2D eigenvalue weighted by molar-refractivity contribution is 0.455. The first kappa shape index (κ1) is 13.4. The van der Waals surface area contributed by atoms with Gasteiger partial charge >= 0.3 is 0 Å². The van der Waals surface area contributed by atoms with Gasteiger partial charge in [0.25, 0.3) is 0 Å². The molecule has 0 aliphatic rings. The highest BCUT2D eigenvalue weighted by Crippen LogP contribution is 2.28. The smallest absolute Gasteiger partial charge is 0.222 e. The van der Waals surface area contributed by atoms with E-state index in [1.54, 1.807) is 0 Å². The average molecular weight is 327 g/mol. The maximum absolute atomic E-state index is 5.91. The second kappa shape index (κ2) is 5.72. The van der Waals surface area contributed by atoms with Gasteiger partial charge in [0.05, 0.1) is 0 Å². The lowest BCUT2D eigenvalue weighted by Crippen LogP contribution is -1.94. The van der Waals surface area contributed by atoms with Crippen LogP contribution in [0, 0.1) is 13.8 Å². The van der Waals surface area contributed by atoms with E-state index in [4.69, 9.17) is 16.3 Å². The van der Waals surface area contributed by atoms with Crippen LogP contribution in [0.2, 0.25) is 5.02 Å². The van der Waals surface area contributed by atoms with Crippen molar-refractivity contribution in [3.8, 4) is 11.6 Å². The molecule has 94 valence electrons. The third-order valence-electron chi connectivity index (χ3n) is 2.58. The lowest BCUT2D eigenvalue weighted by Gasteiger charge is -2.10. The summed E-state index contributed by atoms with van der Waals surface area (Å²) in [6, 6.07) is 7.60. The van der Waals surface area contributed by atoms with Gasteiger partial charge in [-0.3, -0.25) is 0 Å². The molecule has 0 spiro atoms. The van der Waals surface area contributed by atoms with E-state index >= 15 is 0 Å². The topological polar surface area (TPSA) is 22.1 Å². The van der Waals surface area contributed by atoms with Crippen LogP contribution in [0.1, 0.15) is 16.7 Å². The highest BCUT2D eigenvalue weighted by Gasteiger charge is 2.06. The van der Waals surface area contributed by atoms with E-state index in [-0.39, 0.29) is 0 Å². The van der Waals surface area contributed by atoms with Gasteiger partial charge in [0.1, 0.15) is 5.75 Å². The van der Waals surface area contributed by atoms with Crippen molar-refractivity contribution < 1.29 is 4.74 Å². The van der Waals surface area contributed by atoms with E-state index in [2.05, 4.69) is 27.0 Å². The van der Waals surface area contributed by atoms with Gasteiger partial charge in [-0.25, -0.2) is 4.98 Å². The molecule has 2 rings (SSSR count). The summed E-state index contributed by atoms with van der Waals surface area (Å²) in [5, 5.41) is 1.50. The number of hydrogen-bond donors (Lipinski definition) is 0. The Bertz CT molecular complexity index is 572. The molecule has 1 aromatic carbocycles. The highest BCUT2D eigenvalue weighted by atomic mass is 79.9. The summed E-state index contributed by atoms with van der Waals surface area (Å²) < 4.78 is 5.81. The summed E-state index contributed by atoms with van der Waals surface area (Å²) in [6.45, 7) is 3.95. The Labute approximate surface area is 120 Å². The number of aryl methyl sites for hydroxylation is 2. The molecule has 18 heavy (non-hydrogen) atoms. The van der Waals surface area contributed by atoms with Crippen LogP contribution in [0.15, 0.2) is 30.5 Å². The van der Waals surface area contributed by atoms with Crippen LogP contribution in [-0.2, 0) is 5.33 Å². The molecule has 1 aromatic heterocycles. The van der Waals surface area contributed by atoms with E-state index < -0.39 is 0 Å². The van der Waals surface area contributed by atoms with Gasteiger partial charge in [-0.15, -0.1) is 0 Å². The summed E-state index contributed by atoms with van der Waals surface area (Å²) in [4.78, 5) is 4.32. The number of halogens is 2. The van der Waals surface area contributed by atoms with Gasteiger partial charge in [0.2, 0.25) is 5.88 Å². The summed E-state index contributed by atoms with van der Waals surface area (Å²) in [5.74, 6) is 1.41. The number of ether oxygens (including phenoxy) is 1. The van der Waals surface area contributed by atoms with Crippen molar-refractivity contribution in [3.05, 3.63) is 52.2 Å². The molecule has 1 heterocycles. The SMILES string of the molecule is Cc1cc(Cl)ccc1Oc1ncc(CBr)cc1C. The van der Waals surface area contributed by atoms with Crippen molar-refractivity contribution in [2.45, 2.75) is 19.2 Å². The minimum Gasteiger partial charge on any atom is -0.438 e. The number of alkyl halides is 1. The molecule has 0 bridgehead atoms. The molecule has 0 amide bonds. The standard InChI is InChI=1S/C14H13BrClNO/c1-9-6-12(16)3-4-13(9)18-14-10(2)5-11(7-15)8-17-14/h3-6,8H,7H2,1-2H3. The minimum absolute atomic E-state index is 0.630. The largest absolute Gasteiger partial charge is 0.438 e. The average Bonchev–Trinajstić information content (AvgIpc) is 2.34. The Balaban J connectivity index is 2.28. The molecule has 0 unspecified atom stereocenters. The third-order valence-corrected chi connectivity index (χ3v) is 3.47. The van der Waals surface area contributed by atoms with Gasteiger partial charge in [0, 0.05) is 22.1 Å². The molecule has 0 saturated heterocycles. The van der Waals surface area contributed by atoms with E-state index in [0.717, 1.165) is 27.8 Å². The molecule has 0 atom stereocenters. The number of rotatable bonds is 3. The van der Waals surface area contributed by atoms with Crippen molar-refractivity contribution in [3.63, 3.8) is 0 Å². The summed E-state index contributed by atoms with van der Waals surface area (Å²) >= 11 is 9.32. The molecule has 2 nitrogen and oxygen atoms in total.